The molecule has 0 saturated heterocycles. The number of hydrogen-bond acceptors (Lipinski definition) is 4. The van der Waals surface area contributed by atoms with Gasteiger partial charge in [-0.1, -0.05) is 45.0 Å². The number of anilines is 1. The van der Waals surface area contributed by atoms with Gasteiger partial charge in [0.2, 0.25) is 5.91 Å². The number of aromatic nitrogens is 4. The Bertz CT molecular complexity index is 1740. The zero-order valence-corrected chi connectivity index (χ0v) is 21.7. The molecule has 3 N–H and O–H groups in total. The first-order chi connectivity index (χ1) is 17.8. The van der Waals surface area contributed by atoms with Crippen molar-refractivity contribution < 1.29 is 4.79 Å². The second kappa shape index (κ2) is 9.01. The van der Waals surface area contributed by atoms with Gasteiger partial charge in [0.25, 0.3) is 0 Å². The Morgan fingerprint density at radius 1 is 0.946 bits per heavy atom. The van der Waals surface area contributed by atoms with Crippen molar-refractivity contribution in [3.8, 4) is 33.0 Å². The van der Waals surface area contributed by atoms with Gasteiger partial charge < -0.3 is 10.3 Å². The number of nitrogens with zero attached hydrogens (tertiary/aromatic N) is 2. The van der Waals surface area contributed by atoms with E-state index in [1.165, 1.54) is 15.8 Å². The number of H-pyrrole nitrogens is 2. The minimum atomic E-state index is -0.0784. The zero-order chi connectivity index (χ0) is 25.6. The predicted molar refractivity (Wildman–Crippen MR) is 153 cm³/mol. The predicted octanol–water partition coefficient (Wildman–Crippen LogP) is 7.88. The highest BCUT2D eigenvalue weighted by molar-refractivity contribution is 7.13. The lowest BCUT2D eigenvalue weighted by Gasteiger charge is -2.17. The highest BCUT2D eigenvalue weighted by atomic mass is 32.1. The number of amides is 1. The Morgan fingerprint density at radius 2 is 1.84 bits per heavy atom. The van der Waals surface area contributed by atoms with Crippen LogP contribution in [0.15, 0.2) is 78.4 Å². The van der Waals surface area contributed by atoms with Crippen molar-refractivity contribution >= 4 is 44.7 Å². The van der Waals surface area contributed by atoms with Crippen molar-refractivity contribution in [2.75, 3.05) is 5.32 Å². The van der Waals surface area contributed by atoms with Gasteiger partial charge in [-0.05, 0) is 52.8 Å². The highest BCUT2D eigenvalue weighted by Crippen LogP contribution is 2.36. The van der Waals surface area contributed by atoms with Crippen LogP contribution in [0.5, 0.6) is 0 Å². The topological polar surface area (TPSA) is 86.5 Å². The second-order valence-corrected chi connectivity index (χ2v) is 11.5. The maximum Gasteiger partial charge on any atom is 0.224 e. The number of benzene rings is 2. The van der Waals surface area contributed by atoms with Gasteiger partial charge in [-0.15, -0.1) is 11.3 Å². The summed E-state index contributed by atoms with van der Waals surface area (Å²) in [7, 11) is 0. The van der Waals surface area contributed by atoms with Gasteiger partial charge in [0.05, 0.1) is 23.1 Å². The van der Waals surface area contributed by atoms with Crippen molar-refractivity contribution in [3.05, 3.63) is 78.4 Å². The number of thiophene rings is 1. The molecular weight excluding hydrogens is 478 g/mol. The number of nitrogens with one attached hydrogen (secondary N) is 3. The van der Waals surface area contributed by atoms with Crippen molar-refractivity contribution in [3.63, 3.8) is 0 Å². The Balaban J connectivity index is 1.36. The van der Waals surface area contributed by atoms with Crippen LogP contribution in [0.3, 0.4) is 0 Å². The molecule has 0 spiro atoms. The minimum Gasteiger partial charge on any atom is -0.353 e. The fourth-order valence-corrected chi connectivity index (χ4v) is 5.45. The number of rotatable bonds is 5. The Morgan fingerprint density at radius 3 is 2.65 bits per heavy atom. The third-order valence-corrected chi connectivity index (χ3v) is 7.22. The SMILES string of the molecule is CC(C)(C)CC(=O)Nc1cncc(-c2ccc3[nH]nc(-c4cc5c(-c6cccs6)cccc5[nH]4)c3c2)c1. The summed E-state index contributed by atoms with van der Waals surface area (Å²) >= 11 is 1.74. The van der Waals surface area contributed by atoms with Gasteiger partial charge in [-0.25, -0.2) is 0 Å². The summed E-state index contributed by atoms with van der Waals surface area (Å²) in [6, 6.07) is 20.9. The zero-order valence-electron chi connectivity index (χ0n) is 20.9. The van der Waals surface area contributed by atoms with Gasteiger partial charge >= 0.3 is 0 Å². The Hall–Kier alpha value is -4.23. The van der Waals surface area contributed by atoms with Gasteiger partial charge in [0.1, 0.15) is 5.69 Å². The van der Waals surface area contributed by atoms with Gasteiger partial charge in [-0.2, -0.15) is 5.10 Å². The molecule has 1 amide bonds. The summed E-state index contributed by atoms with van der Waals surface area (Å²) in [6.45, 7) is 6.15. The lowest BCUT2D eigenvalue weighted by Crippen LogP contribution is -2.19. The molecule has 0 radical (unpaired) electrons. The molecule has 0 unspecified atom stereocenters. The molecule has 37 heavy (non-hydrogen) atoms. The van der Waals surface area contributed by atoms with E-state index < -0.39 is 0 Å². The molecule has 6 rings (SSSR count). The van der Waals surface area contributed by atoms with Crippen LogP contribution in [0, 0.1) is 5.41 Å². The minimum absolute atomic E-state index is 0.0141. The van der Waals surface area contributed by atoms with Gasteiger partial charge in [-0.3, -0.25) is 14.9 Å². The van der Waals surface area contributed by atoms with E-state index in [9.17, 15) is 4.79 Å². The van der Waals surface area contributed by atoms with Crippen LogP contribution in [-0.2, 0) is 4.79 Å². The summed E-state index contributed by atoms with van der Waals surface area (Å²) in [6.07, 6.45) is 3.94. The quantitative estimate of drug-likeness (QED) is 0.223. The molecule has 6 aromatic rings. The monoisotopic (exact) mass is 505 g/mol. The molecular formula is C30H27N5OS. The molecule has 0 saturated carbocycles. The molecule has 4 aromatic heterocycles. The number of carbonyl (C=O) groups excluding carboxylic acids is 1. The molecule has 2 aromatic carbocycles. The van der Waals surface area contributed by atoms with Gasteiger partial charge in [0.15, 0.2) is 0 Å². The molecule has 0 aliphatic heterocycles. The number of pyridine rings is 1. The summed E-state index contributed by atoms with van der Waals surface area (Å²) < 4.78 is 0. The average molecular weight is 506 g/mol. The van der Waals surface area contributed by atoms with E-state index >= 15 is 0 Å². The van der Waals surface area contributed by atoms with E-state index in [1.54, 1.807) is 17.5 Å². The number of fused-ring (bicyclic) bond motifs is 2. The smallest absolute Gasteiger partial charge is 0.224 e. The van der Waals surface area contributed by atoms with Gasteiger partial charge in [0, 0.05) is 44.9 Å². The fourth-order valence-electron chi connectivity index (χ4n) is 4.68. The first kappa shape index (κ1) is 23.2. The molecule has 0 bridgehead atoms. The van der Waals surface area contributed by atoms with Crippen LogP contribution < -0.4 is 5.32 Å². The number of aromatic amines is 2. The van der Waals surface area contributed by atoms with E-state index in [2.05, 4.69) is 94.1 Å². The highest BCUT2D eigenvalue weighted by Gasteiger charge is 2.17. The van der Waals surface area contributed by atoms with Crippen molar-refractivity contribution in [1.29, 1.82) is 0 Å². The maximum absolute atomic E-state index is 12.4. The summed E-state index contributed by atoms with van der Waals surface area (Å²) in [5, 5.41) is 15.1. The van der Waals surface area contributed by atoms with E-state index in [4.69, 9.17) is 0 Å². The number of hydrogen-bond donors (Lipinski definition) is 3. The van der Waals surface area contributed by atoms with Crippen molar-refractivity contribution in [2.45, 2.75) is 27.2 Å². The van der Waals surface area contributed by atoms with Crippen LogP contribution in [0.2, 0.25) is 0 Å². The Kier molecular flexibility index (Phi) is 5.65. The molecule has 0 atom stereocenters. The fraction of sp³-hybridized carbons (Fsp3) is 0.167. The van der Waals surface area contributed by atoms with E-state index in [0.29, 0.717) is 12.1 Å². The standard InChI is InChI=1S/C30H27N5OS/c1-30(2,3)15-28(36)32-20-12-19(16-31-17-20)18-9-10-25-23(13-18)29(35-34-25)26-14-22-21(27-8-5-11-37-27)6-4-7-24(22)33-26/h4-14,16-17,33H,15H2,1-3H3,(H,32,36)(H,34,35). The lowest BCUT2D eigenvalue weighted by atomic mass is 9.92. The molecule has 184 valence electrons. The van der Waals surface area contributed by atoms with Crippen molar-refractivity contribution in [1.82, 2.24) is 20.2 Å². The first-order valence-electron chi connectivity index (χ1n) is 12.2. The summed E-state index contributed by atoms with van der Waals surface area (Å²) in [4.78, 5) is 21.6. The molecule has 0 aliphatic rings. The average Bonchev–Trinajstić information content (AvgIpc) is 3.61. The van der Waals surface area contributed by atoms with Crippen LogP contribution in [-0.4, -0.2) is 26.1 Å². The summed E-state index contributed by atoms with van der Waals surface area (Å²) in [5.74, 6) is -0.0141. The number of carbonyl (C=O) groups is 1. The molecule has 4 heterocycles. The van der Waals surface area contributed by atoms with Crippen LogP contribution in [0.1, 0.15) is 27.2 Å². The van der Waals surface area contributed by atoms with E-state index in [0.717, 1.165) is 38.9 Å². The molecule has 0 fully saturated rings. The third kappa shape index (κ3) is 4.66. The third-order valence-electron chi connectivity index (χ3n) is 6.31. The molecule has 7 heteroatoms. The molecule has 0 aliphatic carbocycles. The second-order valence-electron chi connectivity index (χ2n) is 10.5. The van der Waals surface area contributed by atoms with Crippen LogP contribution in [0.4, 0.5) is 5.69 Å². The van der Waals surface area contributed by atoms with E-state index in [1.807, 2.05) is 24.4 Å². The van der Waals surface area contributed by atoms with Crippen molar-refractivity contribution in [2.24, 2.45) is 5.41 Å². The van der Waals surface area contributed by atoms with Crippen LogP contribution in [0.25, 0.3) is 54.8 Å². The summed E-state index contributed by atoms with van der Waals surface area (Å²) in [5.41, 5.74) is 7.63. The maximum atomic E-state index is 12.4. The van der Waals surface area contributed by atoms with Crippen LogP contribution >= 0.6 is 11.3 Å². The Labute approximate surface area is 218 Å². The lowest BCUT2D eigenvalue weighted by molar-refractivity contribution is -0.117. The van der Waals surface area contributed by atoms with E-state index in [-0.39, 0.29) is 11.3 Å². The first-order valence-corrected chi connectivity index (χ1v) is 13.1. The normalized spacial score (nSPS) is 11.9. The molecule has 6 nitrogen and oxygen atoms in total. The largest absolute Gasteiger partial charge is 0.353 e.